The van der Waals surface area contributed by atoms with Crippen molar-refractivity contribution in [3.05, 3.63) is 72.4 Å². The number of aromatic hydroxyl groups is 1. The highest BCUT2D eigenvalue weighted by molar-refractivity contribution is 7.89. The summed E-state index contributed by atoms with van der Waals surface area (Å²) in [5, 5.41) is 15.3. The minimum atomic E-state index is -3.52. The minimum absolute atomic E-state index is 0.148. The van der Waals surface area contributed by atoms with E-state index >= 15 is 0 Å². The van der Waals surface area contributed by atoms with Crippen LogP contribution in [0.3, 0.4) is 0 Å². The lowest BCUT2D eigenvalue weighted by Gasteiger charge is -2.16. The van der Waals surface area contributed by atoms with Crippen LogP contribution in [0, 0.1) is 0 Å². The van der Waals surface area contributed by atoms with E-state index in [1.165, 1.54) is 28.6 Å². The van der Waals surface area contributed by atoms with Crippen LogP contribution in [0.1, 0.15) is 23.2 Å². The topological polar surface area (TPSA) is 112 Å². The van der Waals surface area contributed by atoms with Crippen molar-refractivity contribution in [3.8, 4) is 5.75 Å². The van der Waals surface area contributed by atoms with Crippen LogP contribution >= 0.6 is 0 Å². The van der Waals surface area contributed by atoms with Crippen molar-refractivity contribution < 1.29 is 18.3 Å². The second-order valence-corrected chi connectivity index (χ2v) is 9.10. The van der Waals surface area contributed by atoms with Gasteiger partial charge in [-0.15, -0.1) is 0 Å². The summed E-state index contributed by atoms with van der Waals surface area (Å²) in [7, 11) is -3.52. The van der Waals surface area contributed by atoms with Gasteiger partial charge in [0, 0.05) is 30.5 Å². The highest BCUT2D eigenvalue weighted by Crippen LogP contribution is 2.25. The van der Waals surface area contributed by atoms with E-state index in [0.717, 1.165) is 12.8 Å². The van der Waals surface area contributed by atoms with E-state index in [-0.39, 0.29) is 16.6 Å². The number of phenolic OH excluding ortho intramolecular Hbond substituents is 1. The minimum Gasteiger partial charge on any atom is -0.508 e. The molecule has 0 atom stereocenters. The van der Waals surface area contributed by atoms with Crippen molar-refractivity contribution in [2.24, 2.45) is 0 Å². The molecular formula is C22H22N4O4S. The zero-order valence-electron chi connectivity index (χ0n) is 16.7. The van der Waals surface area contributed by atoms with E-state index in [4.69, 9.17) is 0 Å². The Labute approximate surface area is 180 Å². The second-order valence-electron chi connectivity index (χ2n) is 7.16. The quantitative estimate of drug-likeness (QED) is 0.508. The predicted octanol–water partition coefficient (Wildman–Crippen LogP) is 3.57. The number of pyridine rings is 1. The molecule has 8 nitrogen and oxygen atoms in total. The van der Waals surface area contributed by atoms with Crippen molar-refractivity contribution in [3.63, 3.8) is 0 Å². The molecule has 3 N–H and O–H groups in total. The molecule has 31 heavy (non-hydrogen) atoms. The maximum atomic E-state index is 12.7. The third-order valence-corrected chi connectivity index (χ3v) is 6.92. The third-order valence-electron chi connectivity index (χ3n) is 5.01. The van der Waals surface area contributed by atoms with Crippen LogP contribution in [-0.2, 0) is 10.0 Å². The molecule has 0 radical (unpaired) electrons. The van der Waals surface area contributed by atoms with Crippen LogP contribution in [0.2, 0.25) is 0 Å². The number of sulfonamides is 1. The fourth-order valence-corrected chi connectivity index (χ4v) is 4.85. The number of carbonyl (C=O) groups is 1. The lowest BCUT2D eigenvalue weighted by molar-refractivity contribution is 0.102. The average molecular weight is 439 g/mol. The van der Waals surface area contributed by atoms with E-state index in [2.05, 4.69) is 15.6 Å². The molecule has 0 spiro atoms. The number of nitrogens with zero attached hydrogens (tertiary/aromatic N) is 2. The predicted molar refractivity (Wildman–Crippen MR) is 118 cm³/mol. The maximum absolute atomic E-state index is 12.7. The number of amides is 1. The van der Waals surface area contributed by atoms with Crippen LogP contribution in [0.5, 0.6) is 5.75 Å². The van der Waals surface area contributed by atoms with Crippen molar-refractivity contribution in [2.75, 3.05) is 23.7 Å². The highest BCUT2D eigenvalue weighted by Gasteiger charge is 2.27. The number of hydrogen-bond donors (Lipinski definition) is 3. The van der Waals surface area contributed by atoms with Gasteiger partial charge in [-0.05, 0) is 73.5 Å². The normalized spacial score (nSPS) is 14.3. The van der Waals surface area contributed by atoms with Gasteiger partial charge < -0.3 is 15.7 Å². The first-order valence-electron chi connectivity index (χ1n) is 9.86. The molecule has 1 fully saturated rings. The number of phenols is 1. The Morgan fingerprint density at radius 3 is 2.32 bits per heavy atom. The first kappa shape index (κ1) is 20.8. The Morgan fingerprint density at radius 2 is 1.65 bits per heavy atom. The van der Waals surface area contributed by atoms with Gasteiger partial charge in [0.1, 0.15) is 5.75 Å². The number of aromatic nitrogens is 1. The lowest BCUT2D eigenvalue weighted by Crippen LogP contribution is -2.27. The van der Waals surface area contributed by atoms with Gasteiger partial charge in [0.05, 0.1) is 10.6 Å². The van der Waals surface area contributed by atoms with Gasteiger partial charge in [-0.1, -0.05) is 0 Å². The smallest absolute Gasteiger partial charge is 0.255 e. The largest absolute Gasteiger partial charge is 0.508 e. The van der Waals surface area contributed by atoms with Crippen LogP contribution in [0.4, 0.5) is 17.2 Å². The molecule has 1 aliphatic heterocycles. The molecule has 1 amide bonds. The van der Waals surface area contributed by atoms with Crippen LogP contribution in [0.15, 0.2) is 71.8 Å². The molecule has 160 valence electrons. The molecular weight excluding hydrogens is 416 g/mol. The summed E-state index contributed by atoms with van der Waals surface area (Å²) in [6.45, 7) is 1.06. The molecule has 0 bridgehead atoms. The number of nitrogens with one attached hydrogen (secondary N) is 2. The van der Waals surface area contributed by atoms with E-state index in [1.807, 2.05) is 0 Å². The van der Waals surface area contributed by atoms with Gasteiger partial charge in [-0.3, -0.25) is 4.79 Å². The Bertz CT molecular complexity index is 1170. The van der Waals surface area contributed by atoms with Crippen molar-refractivity contribution >= 4 is 33.1 Å². The van der Waals surface area contributed by atoms with E-state index in [0.29, 0.717) is 35.8 Å². The molecule has 1 aromatic heterocycles. The average Bonchev–Trinajstić information content (AvgIpc) is 3.33. The van der Waals surface area contributed by atoms with Crippen molar-refractivity contribution in [2.45, 2.75) is 17.7 Å². The van der Waals surface area contributed by atoms with Crippen molar-refractivity contribution in [1.82, 2.24) is 9.29 Å². The molecule has 0 saturated carbocycles. The molecule has 2 heterocycles. The molecule has 0 aliphatic carbocycles. The SMILES string of the molecule is O=C(Nc1cccnc1Nc1ccc(O)cc1)c1ccc(S(=O)(=O)N2CCCC2)cc1. The lowest BCUT2D eigenvalue weighted by atomic mass is 10.2. The molecule has 3 aromatic rings. The van der Waals surface area contributed by atoms with Gasteiger partial charge in [0.15, 0.2) is 5.82 Å². The molecule has 2 aromatic carbocycles. The zero-order valence-corrected chi connectivity index (χ0v) is 17.5. The molecule has 4 rings (SSSR count). The summed E-state index contributed by atoms with van der Waals surface area (Å²) in [5.74, 6) is 0.205. The Hall–Kier alpha value is -3.43. The van der Waals surface area contributed by atoms with Gasteiger partial charge in [-0.25, -0.2) is 13.4 Å². The van der Waals surface area contributed by atoms with Crippen LogP contribution in [-0.4, -0.2) is 41.8 Å². The summed E-state index contributed by atoms with van der Waals surface area (Å²) in [5.41, 5.74) is 1.50. The zero-order chi connectivity index (χ0) is 21.8. The number of benzene rings is 2. The van der Waals surface area contributed by atoms with Gasteiger partial charge in [0.25, 0.3) is 5.91 Å². The molecule has 9 heteroatoms. The summed E-state index contributed by atoms with van der Waals surface area (Å²) < 4.78 is 26.7. The molecule has 0 unspecified atom stereocenters. The maximum Gasteiger partial charge on any atom is 0.255 e. The van der Waals surface area contributed by atoms with E-state index in [9.17, 15) is 18.3 Å². The van der Waals surface area contributed by atoms with Gasteiger partial charge >= 0.3 is 0 Å². The Morgan fingerprint density at radius 1 is 0.968 bits per heavy atom. The summed E-state index contributed by atoms with van der Waals surface area (Å²) in [6, 6.07) is 15.8. The number of hydrogen-bond acceptors (Lipinski definition) is 6. The van der Waals surface area contributed by atoms with E-state index < -0.39 is 10.0 Å². The Balaban J connectivity index is 1.49. The van der Waals surface area contributed by atoms with Gasteiger partial charge in [0.2, 0.25) is 10.0 Å². The molecule has 1 aliphatic rings. The van der Waals surface area contributed by atoms with E-state index in [1.54, 1.807) is 42.6 Å². The summed E-state index contributed by atoms with van der Waals surface area (Å²) in [4.78, 5) is 17.2. The van der Waals surface area contributed by atoms with Crippen LogP contribution < -0.4 is 10.6 Å². The van der Waals surface area contributed by atoms with Gasteiger partial charge in [-0.2, -0.15) is 4.31 Å². The Kier molecular flexibility index (Phi) is 5.88. The number of anilines is 3. The first-order valence-corrected chi connectivity index (χ1v) is 11.3. The standard InChI is InChI=1S/C22H22N4O4S/c27-18-9-7-17(8-10-18)24-21-20(4-3-13-23-21)25-22(28)16-5-11-19(12-6-16)31(29,30)26-14-1-2-15-26/h3-13,27H,1-2,14-15H2,(H,23,24)(H,25,28). The van der Waals surface area contributed by atoms with Crippen molar-refractivity contribution in [1.29, 1.82) is 0 Å². The third kappa shape index (κ3) is 4.68. The summed E-state index contributed by atoms with van der Waals surface area (Å²) in [6.07, 6.45) is 3.33. The van der Waals surface area contributed by atoms with Crippen LogP contribution in [0.25, 0.3) is 0 Å². The highest BCUT2D eigenvalue weighted by atomic mass is 32.2. The molecule has 1 saturated heterocycles. The number of rotatable bonds is 6. The second kappa shape index (κ2) is 8.75. The monoisotopic (exact) mass is 438 g/mol. The fourth-order valence-electron chi connectivity index (χ4n) is 3.34. The summed E-state index contributed by atoms with van der Waals surface area (Å²) >= 11 is 0. The first-order chi connectivity index (χ1) is 14.9. The fraction of sp³-hybridized carbons (Fsp3) is 0.182. The number of carbonyl (C=O) groups excluding carboxylic acids is 1.